The fourth-order valence-electron chi connectivity index (χ4n) is 6.62. The van der Waals surface area contributed by atoms with Crippen LogP contribution in [0.1, 0.15) is 82.7 Å². The molecular formula is C31H34N3O4PS. The summed E-state index contributed by atoms with van der Waals surface area (Å²) < 4.78 is 14.1. The molecule has 1 spiro atoms. The lowest BCUT2D eigenvalue weighted by molar-refractivity contribution is -0.0590. The number of hydrogen-bond donors (Lipinski definition) is 1. The topological polar surface area (TPSA) is 86.5 Å². The highest BCUT2D eigenvalue weighted by Gasteiger charge is 2.57. The Kier molecular flexibility index (Phi) is 6.68. The zero-order valence-corrected chi connectivity index (χ0v) is 24.6. The number of benzene rings is 1. The molecule has 9 heteroatoms. The molecule has 3 aromatic heterocycles. The van der Waals surface area contributed by atoms with Gasteiger partial charge in [-0.1, -0.05) is 29.8 Å². The van der Waals surface area contributed by atoms with E-state index in [2.05, 4.69) is 51.1 Å². The summed E-state index contributed by atoms with van der Waals surface area (Å²) in [5.74, 6) is 1.80. The van der Waals surface area contributed by atoms with Crippen LogP contribution in [0.2, 0.25) is 0 Å². The van der Waals surface area contributed by atoms with Gasteiger partial charge in [0.1, 0.15) is 22.1 Å². The lowest BCUT2D eigenvalue weighted by atomic mass is 9.77. The normalized spacial score (nSPS) is 25.7. The van der Waals surface area contributed by atoms with Crippen molar-refractivity contribution < 1.29 is 19.4 Å². The average Bonchev–Trinajstić information content (AvgIpc) is 3.26. The van der Waals surface area contributed by atoms with E-state index in [1.54, 1.807) is 6.07 Å². The number of imidazole rings is 1. The highest BCUT2D eigenvalue weighted by molar-refractivity contribution is 7.27. The molecule has 3 atom stereocenters. The van der Waals surface area contributed by atoms with Crippen LogP contribution in [-0.4, -0.2) is 38.3 Å². The zero-order chi connectivity index (χ0) is 27.4. The summed E-state index contributed by atoms with van der Waals surface area (Å²) in [6, 6.07) is 14.3. The van der Waals surface area contributed by atoms with Crippen molar-refractivity contribution in [2.75, 3.05) is 6.61 Å². The number of ether oxygens (including phenoxy) is 2. The van der Waals surface area contributed by atoms with Crippen LogP contribution in [0.25, 0.3) is 10.3 Å². The maximum absolute atomic E-state index is 11.6. The largest absolute Gasteiger partial charge is 0.477 e. The lowest BCUT2D eigenvalue weighted by Crippen LogP contribution is -2.31. The number of nitrogens with zero attached hydrogens (tertiary/aromatic N) is 3. The summed E-state index contributed by atoms with van der Waals surface area (Å²) in [5.41, 5.74) is 4.77. The number of carbonyl (C=O) groups is 1. The molecule has 4 heterocycles. The second-order valence-corrected chi connectivity index (χ2v) is 13.4. The van der Waals surface area contributed by atoms with Crippen LogP contribution in [0, 0.1) is 12.3 Å². The Morgan fingerprint density at radius 3 is 2.75 bits per heavy atom. The van der Waals surface area contributed by atoms with Gasteiger partial charge in [-0.05, 0) is 73.9 Å². The Morgan fingerprint density at radius 2 is 2.02 bits per heavy atom. The number of carboxylic acids is 1. The molecule has 3 unspecified atom stereocenters. The van der Waals surface area contributed by atoms with E-state index in [9.17, 15) is 9.90 Å². The van der Waals surface area contributed by atoms with Crippen LogP contribution in [0.15, 0.2) is 42.5 Å². The smallest absolute Gasteiger partial charge is 0.346 e. The van der Waals surface area contributed by atoms with Gasteiger partial charge in [0.15, 0.2) is 0 Å². The highest BCUT2D eigenvalue weighted by atomic mass is 32.1. The maximum atomic E-state index is 11.6. The minimum atomic E-state index is -0.885. The molecule has 1 aromatic carbocycles. The predicted octanol–water partition coefficient (Wildman–Crippen LogP) is 6.20. The number of aromatic nitrogens is 3. The molecule has 40 heavy (non-hydrogen) atoms. The van der Waals surface area contributed by atoms with Gasteiger partial charge in [0.2, 0.25) is 5.88 Å². The Balaban J connectivity index is 1.03. The van der Waals surface area contributed by atoms with E-state index >= 15 is 0 Å². The van der Waals surface area contributed by atoms with Crippen molar-refractivity contribution in [1.29, 1.82) is 0 Å². The van der Waals surface area contributed by atoms with Crippen LogP contribution in [0.5, 0.6) is 5.88 Å². The summed E-state index contributed by atoms with van der Waals surface area (Å²) >= 11 is 1.28. The van der Waals surface area contributed by atoms with Gasteiger partial charge in [-0.25, -0.2) is 14.8 Å². The number of hydrogen-bond acceptors (Lipinski definition) is 6. The van der Waals surface area contributed by atoms with Gasteiger partial charge in [-0.2, -0.15) is 0 Å². The Labute approximate surface area is 240 Å². The van der Waals surface area contributed by atoms with E-state index in [1.165, 1.54) is 16.9 Å². The first-order valence-corrected chi connectivity index (χ1v) is 15.6. The summed E-state index contributed by atoms with van der Waals surface area (Å²) in [4.78, 5) is 22.7. The maximum Gasteiger partial charge on any atom is 0.346 e. The van der Waals surface area contributed by atoms with Crippen LogP contribution < -0.4 is 10.0 Å². The molecule has 1 aliphatic heterocycles. The standard InChI is InChI=1S/C31H34N3O4PS/c1-18-5-6-20(25(39)13-18)17-38-27-4-2-3-23(32-27)19-7-10-31(11-8-19)15-22(31)28-33-29-24(14-26(40-29)30(35)36)34(28)16-21-9-12-37-21/h2-6,13-14,19,21-22H,7-12,15-17,39H2,1H3,(H,35,36). The molecule has 3 aliphatic rings. The summed E-state index contributed by atoms with van der Waals surface area (Å²) in [6.07, 6.45) is 6.96. The molecule has 0 amide bonds. The first kappa shape index (κ1) is 26.1. The third kappa shape index (κ3) is 4.84. The number of fused-ring (bicyclic) bond motifs is 1. The van der Waals surface area contributed by atoms with Gasteiger partial charge in [-0.3, -0.25) is 0 Å². The number of thiophene rings is 1. The third-order valence-corrected chi connectivity index (χ3v) is 10.7. The molecule has 1 saturated heterocycles. The van der Waals surface area contributed by atoms with E-state index in [-0.39, 0.29) is 6.10 Å². The molecule has 2 saturated carbocycles. The number of rotatable bonds is 8. The molecule has 0 radical (unpaired) electrons. The molecule has 7 rings (SSSR count). The van der Waals surface area contributed by atoms with Crippen LogP contribution in [-0.2, 0) is 17.9 Å². The number of aryl methyl sites for hydroxylation is 1. The zero-order valence-electron chi connectivity index (χ0n) is 22.6. The SMILES string of the molecule is Cc1ccc(COc2cccc(C3CCC4(CC3)CC4c3nc4sc(C(=O)O)cc4n3CC3CCO3)n2)c(P)c1. The van der Waals surface area contributed by atoms with Crippen molar-refractivity contribution in [3.63, 3.8) is 0 Å². The van der Waals surface area contributed by atoms with Crippen molar-refractivity contribution in [2.24, 2.45) is 5.41 Å². The van der Waals surface area contributed by atoms with Gasteiger partial charge < -0.3 is 19.1 Å². The number of aromatic carboxylic acids is 1. The van der Waals surface area contributed by atoms with Crippen molar-refractivity contribution in [2.45, 2.75) is 76.5 Å². The summed E-state index contributed by atoms with van der Waals surface area (Å²) in [7, 11) is 2.80. The Morgan fingerprint density at radius 1 is 1.20 bits per heavy atom. The van der Waals surface area contributed by atoms with Gasteiger partial charge >= 0.3 is 5.97 Å². The highest BCUT2D eigenvalue weighted by Crippen LogP contribution is 2.67. The van der Waals surface area contributed by atoms with E-state index in [0.29, 0.717) is 34.6 Å². The lowest BCUT2D eigenvalue weighted by Gasteiger charge is -2.30. The molecule has 3 fully saturated rings. The summed E-state index contributed by atoms with van der Waals surface area (Å²) in [5, 5.41) is 10.7. The van der Waals surface area contributed by atoms with Crippen LogP contribution in [0.3, 0.4) is 0 Å². The van der Waals surface area contributed by atoms with Crippen molar-refractivity contribution in [3.05, 3.63) is 70.0 Å². The minimum Gasteiger partial charge on any atom is -0.477 e. The summed E-state index contributed by atoms with van der Waals surface area (Å²) in [6.45, 7) is 4.17. The van der Waals surface area contributed by atoms with E-state index in [4.69, 9.17) is 19.4 Å². The predicted molar refractivity (Wildman–Crippen MR) is 159 cm³/mol. The molecular weight excluding hydrogens is 541 g/mol. The van der Waals surface area contributed by atoms with E-state index in [0.717, 1.165) is 84.4 Å². The number of carboxylic acid groups (broad SMARTS) is 1. The molecule has 1 N–H and O–H groups in total. The number of pyridine rings is 1. The Bertz CT molecular complexity index is 1580. The first-order valence-electron chi connectivity index (χ1n) is 14.2. The van der Waals surface area contributed by atoms with Gasteiger partial charge in [0.05, 0.1) is 18.2 Å². The molecule has 0 bridgehead atoms. The fraction of sp³-hybridized carbons (Fsp3) is 0.452. The van der Waals surface area contributed by atoms with Crippen molar-refractivity contribution in [1.82, 2.24) is 14.5 Å². The first-order chi connectivity index (χ1) is 19.4. The van der Waals surface area contributed by atoms with Gasteiger partial charge in [-0.15, -0.1) is 20.6 Å². The quantitative estimate of drug-likeness (QED) is 0.252. The molecule has 4 aromatic rings. The van der Waals surface area contributed by atoms with Gasteiger partial charge in [0, 0.05) is 30.2 Å². The van der Waals surface area contributed by atoms with E-state index < -0.39 is 5.97 Å². The average molecular weight is 576 g/mol. The monoisotopic (exact) mass is 575 g/mol. The van der Waals surface area contributed by atoms with Crippen LogP contribution in [0.4, 0.5) is 0 Å². The minimum absolute atomic E-state index is 0.198. The second-order valence-electron chi connectivity index (χ2n) is 11.8. The molecule has 2 aliphatic carbocycles. The third-order valence-electron chi connectivity index (χ3n) is 9.19. The van der Waals surface area contributed by atoms with Crippen molar-refractivity contribution >= 4 is 42.2 Å². The van der Waals surface area contributed by atoms with Crippen molar-refractivity contribution in [3.8, 4) is 5.88 Å². The molecule has 208 valence electrons. The molecule has 7 nitrogen and oxygen atoms in total. The second kappa shape index (κ2) is 10.2. The Hall–Kier alpha value is -2.80. The van der Waals surface area contributed by atoms with E-state index in [1.807, 2.05) is 6.07 Å². The van der Waals surface area contributed by atoms with Gasteiger partial charge in [0.25, 0.3) is 0 Å². The van der Waals surface area contributed by atoms with Crippen LogP contribution >= 0.6 is 20.6 Å². The fourth-order valence-corrected chi connectivity index (χ4v) is 7.94.